The summed E-state index contributed by atoms with van der Waals surface area (Å²) in [4.78, 5) is 0. The van der Waals surface area contributed by atoms with Crippen molar-refractivity contribution in [1.82, 2.24) is 0 Å². The molecule has 16 heavy (non-hydrogen) atoms. The maximum absolute atomic E-state index is 2.31. The zero-order valence-corrected chi connectivity index (χ0v) is 10.8. The number of rotatable bonds is 0. The summed E-state index contributed by atoms with van der Waals surface area (Å²) in [6.45, 7) is 9.22. The van der Waals surface area contributed by atoms with Crippen molar-refractivity contribution >= 4 is 0 Å². The van der Waals surface area contributed by atoms with Crippen LogP contribution >= 0.6 is 0 Å². The Morgan fingerprint density at radius 3 is 1.44 bits per heavy atom. The minimum atomic E-state index is 1.22. The second kappa shape index (κ2) is 3.23. The van der Waals surface area contributed by atoms with Gasteiger partial charge in [-0.15, -0.1) is 0 Å². The van der Waals surface area contributed by atoms with Crippen molar-refractivity contribution in [3.63, 3.8) is 0 Å². The van der Waals surface area contributed by atoms with Crippen LogP contribution in [0.1, 0.15) is 53.4 Å². The van der Waals surface area contributed by atoms with Crippen molar-refractivity contribution in [1.29, 1.82) is 0 Å². The molecule has 3 aliphatic rings. The normalized spacial score (nSPS) is 24.8. The first-order valence-corrected chi connectivity index (χ1v) is 6.33. The van der Waals surface area contributed by atoms with Crippen LogP contribution in [0.25, 0.3) is 0 Å². The smallest absolute Gasteiger partial charge is 0.00210 e. The third-order valence-electron chi connectivity index (χ3n) is 4.78. The summed E-state index contributed by atoms with van der Waals surface area (Å²) < 4.78 is 0. The van der Waals surface area contributed by atoms with Crippen LogP contribution < -0.4 is 0 Å². The quantitative estimate of drug-likeness (QED) is 0.538. The molecule has 0 unspecified atom stereocenters. The SMILES string of the molecule is CC1=C(C)C2=C(C1)CC1=C(C2)C(C)=C(C)C1. The second-order valence-electron chi connectivity index (χ2n) is 5.68. The van der Waals surface area contributed by atoms with Crippen molar-refractivity contribution in [3.8, 4) is 0 Å². The lowest BCUT2D eigenvalue weighted by Crippen LogP contribution is -2.01. The summed E-state index contributed by atoms with van der Waals surface area (Å²) in [5.74, 6) is 0. The highest BCUT2D eigenvalue weighted by Gasteiger charge is 2.29. The Morgan fingerprint density at radius 1 is 0.562 bits per heavy atom. The second-order valence-corrected chi connectivity index (χ2v) is 5.68. The molecule has 0 atom stereocenters. The zero-order valence-electron chi connectivity index (χ0n) is 10.8. The Hall–Kier alpha value is -1.04. The highest BCUT2D eigenvalue weighted by Crippen LogP contribution is 2.48. The van der Waals surface area contributed by atoms with Gasteiger partial charge in [0.2, 0.25) is 0 Å². The van der Waals surface area contributed by atoms with E-state index in [-0.39, 0.29) is 0 Å². The van der Waals surface area contributed by atoms with Crippen molar-refractivity contribution in [2.24, 2.45) is 0 Å². The van der Waals surface area contributed by atoms with Crippen LogP contribution in [0.15, 0.2) is 44.6 Å². The van der Waals surface area contributed by atoms with Crippen LogP contribution in [0.5, 0.6) is 0 Å². The molecule has 0 heterocycles. The monoisotopic (exact) mass is 212 g/mol. The van der Waals surface area contributed by atoms with Crippen molar-refractivity contribution in [3.05, 3.63) is 44.6 Å². The van der Waals surface area contributed by atoms with Crippen LogP contribution in [-0.4, -0.2) is 0 Å². The van der Waals surface area contributed by atoms with Crippen molar-refractivity contribution in [2.45, 2.75) is 53.4 Å². The van der Waals surface area contributed by atoms with Gasteiger partial charge in [0.25, 0.3) is 0 Å². The largest absolute Gasteiger partial charge is 0.0660 e. The van der Waals surface area contributed by atoms with E-state index in [1.54, 1.807) is 44.6 Å². The fourth-order valence-corrected chi connectivity index (χ4v) is 3.45. The summed E-state index contributed by atoms with van der Waals surface area (Å²) in [5, 5.41) is 0. The molecule has 0 nitrogen and oxygen atoms in total. The van der Waals surface area contributed by atoms with E-state index in [1.165, 1.54) is 25.7 Å². The van der Waals surface area contributed by atoms with E-state index in [2.05, 4.69) is 27.7 Å². The van der Waals surface area contributed by atoms with Crippen LogP contribution in [-0.2, 0) is 0 Å². The van der Waals surface area contributed by atoms with Crippen LogP contribution in [0.4, 0.5) is 0 Å². The first-order chi connectivity index (χ1) is 7.58. The standard InChI is InChI=1S/C16H20/c1-9-5-13-7-14-6-10(2)12(4)16(14)8-15(13)11(9)3/h5-8H2,1-4H3. The summed E-state index contributed by atoms with van der Waals surface area (Å²) in [5.41, 5.74) is 13.1. The molecule has 0 N–H and O–H groups in total. The van der Waals surface area contributed by atoms with Gasteiger partial charge in [-0.1, -0.05) is 22.3 Å². The molecule has 0 aromatic carbocycles. The highest BCUT2D eigenvalue weighted by molar-refractivity contribution is 5.58. The minimum absolute atomic E-state index is 1.22. The molecule has 0 aliphatic heterocycles. The summed E-state index contributed by atoms with van der Waals surface area (Å²) in [7, 11) is 0. The fraction of sp³-hybridized carbons (Fsp3) is 0.500. The van der Waals surface area contributed by atoms with Gasteiger partial charge < -0.3 is 0 Å². The maximum Gasteiger partial charge on any atom is -0.00210 e. The van der Waals surface area contributed by atoms with Crippen molar-refractivity contribution in [2.75, 3.05) is 0 Å². The molecular formula is C16H20. The van der Waals surface area contributed by atoms with Crippen LogP contribution in [0.2, 0.25) is 0 Å². The molecule has 0 aromatic heterocycles. The lowest BCUT2D eigenvalue weighted by Gasteiger charge is -2.20. The first-order valence-electron chi connectivity index (χ1n) is 6.33. The Morgan fingerprint density at radius 2 is 1.00 bits per heavy atom. The van der Waals surface area contributed by atoms with Gasteiger partial charge >= 0.3 is 0 Å². The first kappa shape index (κ1) is 10.1. The molecule has 0 radical (unpaired) electrons. The molecule has 84 valence electrons. The Bertz CT molecular complexity index is 458. The van der Waals surface area contributed by atoms with Gasteiger partial charge in [0, 0.05) is 0 Å². The molecule has 0 heteroatoms. The molecule has 0 bridgehead atoms. The van der Waals surface area contributed by atoms with E-state index in [0.29, 0.717) is 0 Å². The lowest BCUT2D eigenvalue weighted by molar-refractivity contribution is 0.915. The average molecular weight is 212 g/mol. The molecule has 0 saturated carbocycles. The van der Waals surface area contributed by atoms with Gasteiger partial charge in [-0.05, 0) is 75.7 Å². The molecule has 0 saturated heterocycles. The molecular weight excluding hydrogens is 192 g/mol. The molecule has 0 fully saturated rings. The number of hydrogen-bond donors (Lipinski definition) is 0. The fourth-order valence-electron chi connectivity index (χ4n) is 3.45. The summed E-state index contributed by atoms with van der Waals surface area (Å²) in [6.07, 6.45) is 4.97. The predicted octanol–water partition coefficient (Wildman–Crippen LogP) is 4.85. The van der Waals surface area contributed by atoms with E-state index in [0.717, 1.165) is 0 Å². The summed E-state index contributed by atoms with van der Waals surface area (Å²) >= 11 is 0. The molecule has 3 aliphatic carbocycles. The minimum Gasteiger partial charge on any atom is -0.0660 e. The van der Waals surface area contributed by atoms with Gasteiger partial charge in [-0.3, -0.25) is 0 Å². The predicted molar refractivity (Wildman–Crippen MR) is 69.3 cm³/mol. The Kier molecular flexibility index (Phi) is 2.04. The Balaban J connectivity index is 1.96. The molecule has 3 rings (SSSR count). The highest BCUT2D eigenvalue weighted by atomic mass is 14.3. The van der Waals surface area contributed by atoms with Gasteiger partial charge in [-0.2, -0.15) is 0 Å². The number of allylic oxidation sites excluding steroid dienone is 8. The van der Waals surface area contributed by atoms with Crippen LogP contribution in [0.3, 0.4) is 0 Å². The average Bonchev–Trinajstić information content (AvgIpc) is 2.66. The third kappa shape index (κ3) is 1.22. The van der Waals surface area contributed by atoms with Crippen LogP contribution in [0, 0.1) is 0 Å². The van der Waals surface area contributed by atoms with Gasteiger partial charge in [-0.25, -0.2) is 0 Å². The lowest BCUT2D eigenvalue weighted by atomic mass is 9.85. The Labute approximate surface area is 98.4 Å². The van der Waals surface area contributed by atoms with E-state index in [4.69, 9.17) is 0 Å². The van der Waals surface area contributed by atoms with E-state index in [1.807, 2.05) is 0 Å². The maximum atomic E-state index is 2.31. The topological polar surface area (TPSA) is 0 Å². The van der Waals surface area contributed by atoms with E-state index < -0.39 is 0 Å². The summed E-state index contributed by atoms with van der Waals surface area (Å²) in [6, 6.07) is 0. The molecule has 0 spiro atoms. The van der Waals surface area contributed by atoms with Gasteiger partial charge in [0.15, 0.2) is 0 Å². The third-order valence-corrected chi connectivity index (χ3v) is 4.78. The van der Waals surface area contributed by atoms with Gasteiger partial charge in [0.05, 0.1) is 0 Å². The van der Waals surface area contributed by atoms with Gasteiger partial charge in [0.1, 0.15) is 0 Å². The molecule has 0 amide bonds. The molecule has 0 aromatic rings. The van der Waals surface area contributed by atoms with Crippen molar-refractivity contribution < 1.29 is 0 Å². The number of hydrogen-bond acceptors (Lipinski definition) is 0. The van der Waals surface area contributed by atoms with E-state index >= 15 is 0 Å². The van der Waals surface area contributed by atoms with E-state index in [9.17, 15) is 0 Å². The zero-order chi connectivity index (χ0) is 11.4.